The van der Waals surface area contributed by atoms with Crippen molar-refractivity contribution >= 4 is 5.91 Å². The maximum Gasteiger partial charge on any atom is 0.222 e. The van der Waals surface area contributed by atoms with Gasteiger partial charge in [0.2, 0.25) is 5.91 Å². The molecule has 0 aliphatic carbocycles. The van der Waals surface area contributed by atoms with Crippen molar-refractivity contribution in [2.75, 3.05) is 6.54 Å². The molecule has 2 heteroatoms. The summed E-state index contributed by atoms with van der Waals surface area (Å²) >= 11 is 0. The molecule has 1 unspecified atom stereocenters. The van der Waals surface area contributed by atoms with Gasteiger partial charge in [0.15, 0.2) is 0 Å². The molecule has 0 aromatic rings. The van der Waals surface area contributed by atoms with Crippen LogP contribution in [0.3, 0.4) is 0 Å². The molecule has 0 N–H and O–H groups in total. The largest absolute Gasteiger partial charge is 0.340 e. The third-order valence-electron chi connectivity index (χ3n) is 3.62. The summed E-state index contributed by atoms with van der Waals surface area (Å²) in [5.74, 6) is 0.382. The predicted octanol–water partition coefficient (Wildman–Crippen LogP) is 3.75. The predicted molar refractivity (Wildman–Crippen MR) is 68.4 cm³/mol. The van der Waals surface area contributed by atoms with Crippen LogP contribution < -0.4 is 0 Å². The highest BCUT2D eigenvalue weighted by Crippen LogP contribution is 2.18. The molecular formula is C14H27NO. The van der Waals surface area contributed by atoms with E-state index in [1.54, 1.807) is 0 Å². The monoisotopic (exact) mass is 225 g/mol. The highest BCUT2D eigenvalue weighted by Gasteiger charge is 2.23. The quantitative estimate of drug-likeness (QED) is 0.604. The standard InChI is InChI=1S/C14H27NO/c1-3-4-5-6-7-8-12-15-13(2)10-9-11-14(15)16/h13H,3-12H2,1-2H3. The number of unbranched alkanes of at least 4 members (excludes halogenated alkanes) is 5. The Morgan fingerprint density at radius 3 is 2.56 bits per heavy atom. The Morgan fingerprint density at radius 2 is 1.88 bits per heavy atom. The van der Waals surface area contributed by atoms with Gasteiger partial charge in [0, 0.05) is 19.0 Å². The van der Waals surface area contributed by atoms with Crippen LogP contribution in [0.5, 0.6) is 0 Å². The van der Waals surface area contributed by atoms with Gasteiger partial charge >= 0.3 is 0 Å². The maximum absolute atomic E-state index is 11.7. The van der Waals surface area contributed by atoms with Crippen molar-refractivity contribution < 1.29 is 4.79 Å². The average molecular weight is 225 g/mol. The van der Waals surface area contributed by atoms with Crippen LogP contribution in [0.15, 0.2) is 0 Å². The van der Waals surface area contributed by atoms with Gasteiger partial charge in [-0.05, 0) is 26.2 Å². The molecule has 1 aliphatic rings. The molecule has 2 nitrogen and oxygen atoms in total. The van der Waals surface area contributed by atoms with Gasteiger partial charge < -0.3 is 4.90 Å². The van der Waals surface area contributed by atoms with E-state index >= 15 is 0 Å². The summed E-state index contributed by atoms with van der Waals surface area (Å²) < 4.78 is 0. The molecule has 0 spiro atoms. The highest BCUT2D eigenvalue weighted by atomic mass is 16.2. The van der Waals surface area contributed by atoms with E-state index in [-0.39, 0.29) is 0 Å². The minimum atomic E-state index is 0.382. The van der Waals surface area contributed by atoms with Crippen LogP contribution >= 0.6 is 0 Å². The maximum atomic E-state index is 11.7. The molecule has 0 aromatic heterocycles. The van der Waals surface area contributed by atoms with E-state index in [4.69, 9.17) is 0 Å². The molecular weight excluding hydrogens is 198 g/mol. The molecule has 0 bridgehead atoms. The molecule has 1 aliphatic heterocycles. The first-order chi connectivity index (χ1) is 7.75. The van der Waals surface area contributed by atoms with Crippen LogP contribution in [0.2, 0.25) is 0 Å². The Bertz CT molecular complexity index is 203. The number of hydrogen-bond acceptors (Lipinski definition) is 1. The second-order valence-electron chi connectivity index (χ2n) is 5.10. The van der Waals surface area contributed by atoms with Crippen LogP contribution in [0, 0.1) is 0 Å². The van der Waals surface area contributed by atoms with Crippen molar-refractivity contribution in [2.45, 2.75) is 77.7 Å². The number of likely N-dealkylation sites (tertiary alicyclic amines) is 1. The van der Waals surface area contributed by atoms with Crippen LogP contribution in [0.1, 0.15) is 71.6 Å². The summed E-state index contributed by atoms with van der Waals surface area (Å²) in [4.78, 5) is 13.8. The van der Waals surface area contributed by atoms with Crippen LogP contribution in [-0.2, 0) is 4.79 Å². The van der Waals surface area contributed by atoms with Crippen LogP contribution in [0.4, 0.5) is 0 Å². The number of rotatable bonds is 7. The van der Waals surface area contributed by atoms with Gasteiger partial charge in [-0.25, -0.2) is 0 Å². The first-order valence-electron chi connectivity index (χ1n) is 7.05. The van der Waals surface area contributed by atoms with E-state index in [0.29, 0.717) is 11.9 Å². The summed E-state index contributed by atoms with van der Waals surface area (Å²) in [6.45, 7) is 5.42. The fourth-order valence-corrected chi connectivity index (χ4v) is 2.50. The number of nitrogens with zero attached hydrogens (tertiary/aromatic N) is 1. The lowest BCUT2D eigenvalue weighted by Crippen LogP contribution is -2.42. The van der Waals surface area contributed by atoms with E-state index in [2.05, 4.69) is 18.7 Å². The van der Waals surface area contributed by atoms with Crippen molar-refractivity contribution in [3.8, 4) is 0 Å². The summed E-state index contributed by atoms with van der Waals surface area (Å²) in [5, 5.41) is 0. The first-order valence-corrected chi connectivity index (χ1v) is 7.05. The molecule has 1 fully saturated rings. The number of hydrogen-bond donors (Lipinski definition) is 0. The Hall–Kier alpha value is -0.530. The smallest absolute Gasteiger partial charge is 0.222 e. The summed E-state index contributed by atoms with van der Waals surface area (Å²) in [6.07, 6.45) is 10.9. The van der Waals surface area contributed by atoms with Crippen molar-refractivity contribution in [1.29, 1.82) is 0 Å². The van der Waals surface area contributed by atoms with Crippen molar-refractivity contribution in [1.82, 2.24) is 4.90 Å². The Kier molecular flexibility index (Phi) is 6.51. The van der Waals surface area contributed by atoms with E-state index < -0.39 is 0 Å². The van der Waals surface area contributed by atoms with Crippen LogP contribution in [-0.4, -0.2) is 23.4 Å². The zero-order valence-electron chi connectivity index (χ0n) is 11.0. The third-order valence-corrected chi connectivity index (χ3v) is 3.62. The van der Waals surface area contributed by atoms with Crippen molar-refractivity contribution in [3.05, 3.63) is 0 Å². The zero-order chi connectivity index (χ0) is 11.8. The molecule has 0 radical (unpaired) electrons. The second-order valence-corrected chi connectivity index (χ2v) is 5.10. The molecule has 1 atom stereocenters. The van der Waals surface area contributed by atoms with E-state index in [9.17, 15) is 4.79 Å². The fourth-order valence-electron chi connectivity index (χ4n) is 2.50. The minimum Gasteiger partial charge on any atom is -0.340 e. The van der Waals surface area contributed by atoms with Gasteiger partial charge in [0.05, 0.1) is 0 Å². The number of amides is 1. The minimum absolute atomic E-state index is 0.382. The average Bonchev–Trinajstić information content (AvgIpc) is 2.26. The van der Waals surface area contributed by atoms with E-state index in [1.165, 1.54) is 44.9 Å². The van der Waals surface area contributed by atoms with Gasteiger partial charge in [0.25, 0.3) is 0 Å². The van der Waals surface area contributed by atoms with Gasteiger partial charge in [-0.1, -0.05) is 39.0 Å². The highest BCUT2D eigenvalue weighted by molar-refractivity contribution is 5.77. The normalized spacial score (nSPS) is 21.5. The molecule has 1 saturated heterocycles. The summed E-state index contributed by atoms with van der Waals surface area (Å²) in [6, 6.07) is 0.483. The molecule has 0 saturated carbocycles. The van der Waals surface area contributed by atoms with Crippen molar-refractivity contribution in [3.63, 3.8) is 0 Å². The number of piperidine rings is 1. The number of carbonyl (C=O) groups excluding carboxylic acids is 1. The summed E-state index contributed by atoms with van der Waals surface area (Å²) in [7, 11) is 0. The molecule has 1 heterocycles. The topological polar surface area (TPSA) is 20.3 Å². The lowest BCUT2D eigenvalue weighted by molar-refractivity contribution is -0.135. The molecule has 94 valence electrons. The SMILES string of the molecule is CCCCCCCCN1C(=O)CCCC1C. The Balaban J connectivity index is 2.08. The number of carbonyl (C=O) groups is 1. The lowest BCUT2D eigenvalue weighted by Gasteiger charge is -2.33. The zero-order valence-corrected chi connectivity index (χ0v) is 11.0. The van der Waals surface area contributed by atoms with Gasteiger partial charge in [-0.15, -0.1) is 0 Å². The summed E-state index contributed by atoms with van der Waals surface area (Å²) in [5.41, 5.74) is 0. The van der Waals surface area contributed by atoms with E-state index in [1.807, 2.05) is 0 Å². The second kappa shape index (κ2) is 7.70. The van der Waals surface area contributed by atoms with Gasteiger partial charge in [0.1, 0.15) is 0 Å². The Labute approximate surface area is 100 Å². The van der Waals surface area contributed by atoms with E-state index in [0.717, 1.165) is 19.4 Å². The molecule has 16 heavy (non-hydrogen) atoms. The van der Waals surface area contributed by atoms with Gasteiger partial charge in [-0.3, -0.25) is 4.79 Å². The molecule has 1 amide bonds. The third kappa shape index (κ3) is 4.54. The first kappa shape index (κ1) is 13.5. The van der Waals surface area contributed by atoms with Gasteiger partial charge in [-0.2, -0.15) is 0 Å². The lowest BCUT2D eigenvalue weighted by atomic mass is 10.0. The fraction of sp³-hybridized carbons (Fsp3) is 0.929. The Morgan fingerprint density at radius 1 is 1.19 bits per heavy atom. The van der Waals surface area contributed by atoms with Crippen molar-refractivity contribution in [2.24, 2.45) is 0 Å². The van der Waals surface area contributed by atoms with Crippen LogP contribution in [0.25, 0.3) is 0 Å². The molecule has 0 aromatic carbocycles. The molecule has 1 rings (SSSR count).